The summed E-state index contributed by atoms with van der Waals surface area (Å²) < 4.78 is 5.95. The van der Waals surface area contributed by atoms with Gasteiger partial charge in [-0.2, -0.15) is 0 Å². The van der Waals surface area contributed by atoms with Crippen molar-refractivity contribution in [1.82, 2.24) is 10.4 Å². The number of halogens is 1. The number of nitrogens with zero attached hydrogens (tertiary/aromatic N) is 1. The normalized spacial score (nSPS) is 15.2. The molecule has 0 spiro atoms. The smallest absolute Gasteiger partial charge is 0.276 e. The Morgan fingerprint density at radius 2 is 1.93 bits per heavy atom. The molecule has 3 N–H and O–H groups in total. The van der Waals surface area contributed by atoms with Crippen molar-refractivity contribution < 1.29 is 19.4 Å². The number of methoxy groups -OCH3 is 1. The number of ether oxygens (including phenoxy) is 1. The van der Waals surface area contributed by atoms with E-state index in [0.717, 1.165) is 4.47 Å². The maximum atomic E-state index is 13.2. The predicted octanol–water partition coefficient (Wildman–Crippen LogP) is 4.07. The Kier molecular flexibility index (Phi) is 5.33. The maximum Gasteiger partial charge on any atom is 0.276 e. The molecule has 8 heteroatoms. The maximum absolute atomic E-state index is 13.2. The number of phenolic OH excluding ortho intramolecular Hbond substituents is 1. The fraction of sp³-hybridized carbons (Fsp3) is 0.0909. The minimum atomic E-state index is -0.710. The van der Waals surface area contributed by atoms with Gasteiger partial charge < -0.3 is 15.2 Å². The van der Waals surface area contributed by atoms with Crippen LogP contribution in [0.3, 0.4) is 0 Å². The van der Waals surface area contributed by atoms with Crippen LogP contribution in [0.5, 0.6) is 11.5 Å². The molecule has 3 aromatic carbocycles. The molecule has 0 fully saturated rings. The zero-order chi connectivity index (χ0) is 21.3. The zero-order valence-electron chi connectivity index (χ0n) is 15.9. The van der Waals surface area contributed by atoms with E-state index in [1.165, 1.54) is 18.2 Å². The van der Waals surface area contributed by atoms with E-state index in [-0.39, 0.29) is 17.4 Å². The molecule has 2 amide bonds. The van der Waals surface area contributed by atoms with Crippen LogP contribution in [0, 0.1) is 0 Å². The molecular formula is C22H18BrN3O4. The molecule has 1 aliphatic heterocycles. The molecule has 0 aliphatic carbocycles. The molecule has 0 aromatic heterocycles. The van der Waals surface area contributed by atoms with E-state index in [1.54, 1.807) is 48.5 Å². The monoisotopic (exact) mass is 467 g/mol. The molecule has 7 nitrogen and oxygen atoms in total. The SMILES string of the molecule is COc1cc(C2Nc3ccccc3C(=O)N2NC(=O)c2cccc(Br)c2)ccc1O. The summed E-state index contributed by atoms with van der Waals surface area (Å²) in [4.78, 5) is 26.1. The van der Waals surface area contributed by atoms with Gasteiger partial charge in [-0.05, 0) is 42.5 Å². The van der Waals surface area contributed by atoms with Gasteiger partial charge in [0, 0.05) is 21.3 Å². The first kappa shape index (κ1) is 19.8. The summed E-state index contributed by atoms with van der Waals surface area (Å²) in [6.45, 7) is 0. The Balaban J connectivity index is 1.74. The predicted molar refractivity (Wildman–Crippen MR) is 115 cm³/mol. The summed E-state index contributed by atoms with van der Waals surface area (Å²) in [5, 5.41) is 14.5. The average Bonchev–Trinajstić information content (AvgIpc) is 2.76. The minimum absolute atomic E-state index is 0.0199. The number of carbonyl (C=O) groups excluding carboxylic acids is 2. The van der Waals surface area contributed by atoms with Crippen molar-refractivity contribution in [3.63, 3.8) is 0 Å². The Morgan fingerprint density at radius 1 is 1.13 bits per heavy atom. The minimum Gasteiger partial charge on any atom is -0.504 e. The van der Waals surface area contributed by atoms with Crippen LogP contribution >= 0.6 is 15.9 Å². The van der Waals surface area contributed by atoms with E-state index in [0.29, 0.717) is 22.4 Å². The molecule has 1 aliphatic rings. The third-order valence-corrected chi connectivity index (χ3v) is 5.25. The average molecular weight is 468 g/mol. The second-order valence-corrected chi connectivity index (χ2v) is 7.57. The van der Waals surface area contributed by atoms with Crippen molar-refractivity contribution in [1.29, 1.82) is 0 Å². The van der Waals surface area contributed by atoms with Gasteiger partial charge >= 0.3 is 0 Å². The van der Waals surface area contributed by atoms with Gasteiger partial charge in [-0.25, -0.2) is 5.01 Å². The molecule has 152 valence electrons. The van der Waals surface area contributed by atoms with E-state index in [4.69, 9.17) is 4.74 Å². The third kappa shape index (κ3) is 3.69. The Hall–Kier alpha value is -3.52. The van der Waals surface area contributed by atoms with Crippen molar-refractivity contribution in [2.24, 2.45) is 0 Å². The van der Waals surface area contributed by atoms with Crippen LogP contribution in [0.15, 0.2) is 71.2 Å². The lowest BCUT2D eigenvalue weighted by Gasteiger charge is -2.37. The lowest BCUT2D eigenvalue weighted by molar-refractivity contribution is 0.0490. The number of hydrogen-bond donors (Lipinski definition) is 3. The summed E-state index contributed by atoms with van der Waals surface area (Å²) in [6, 6.07) is 18.7. The lowest BCUT2D eigenvalue weighted by Crippen LogP contribution is -2.52. The molecule has 1 unspecified atom stereocenters. The van der Waals surface area contributed by atoms with Crippen molar-refractivity contribution >= 4 is 33.4 Å². The van der Waals surface area contributed by atoms with E-state index in [1.807, 2.05) is 12.1 Å². The Morgan fingerprint density at radius 3 is 2.70 bits per heavy atom. The molecule has 30 heavy (non-hydrogen) atoms. The number of aromatic hydroxyl groups is 1. The van der Waals surface area contributed by atoms with E-state index in [2.05, 4.69) is 26.7 Å². The molecule has 1 heterocycles. The zero-order valence-corrected chi connectivity index (χ0v) is 17.5. The van der Waals surface area contributed by atoms with Gasteiger partial charge in [0.25, 0.3) is 11.8 Å². The summed E-state index contributed by atoms with van der Waals surface area (Å²) in [6.07, 6.45) is -0.710. The van der Waals surface area contributed by atoms with E-state index in [9.17, 15) is 14.7 Å². The highest BCUT2D eigenvalue weighted by Crippen LogP contribution is 2.35. The number of hydrazine groups is 1. The van der Waals surface area contributed by atoms with E-state index >= 15 is 0 Å². The summed E-state index contributed by atoms with van der Waals surface area (Å²) in [5.41, 5.74) is 4.82. The van der Waals surface area contributed by atoms with E-state index < -0.39 is 12.1 Å². The standard InChI is InChI=1S/C22H18BrN3O4/c1-30-19-12-13(9-10-18(19)27)20-24-17-8-3-2-7-16(17)22(29)26(20)25-21(28)14-5-4-6-15(23)11-14/h2-12,20,24,27H,1H3,(H,25,28). The number of para-hydroxylation sites is 1. The van der Waals surface area contributed by atoms with Crippen molar-refractivity contribution in [3.8, 4) is 11.5 Å². The molecule has 0 radical (unpaired) electrons. The topological polar surface area (TPSA) is 90.9 Å². The van der Waals surface area contributed by atoms with Gasteiger partial charge in [0.15, 0.2) is 11.5 Å². The second-order valence-electron chi connectivity index (χ2n) is 6.65. The van der Waals surface area contributed by atoms with Crippen LogP contribution in [-0.2, 0) is 0 Å². The molecule has 1 atom stereocenters. The fourth-order valence-electron chi connectivity index (χ4n) is 3.27. The van der Waals surface area contributed by atoms with Gasteiger partial charge in [0.2, 0.25) is 0 Å². The molecular weight excluding hydrogens is 450 g/mol. The third-order valence-electron chi connectivity index (χ3n) is 4.76. The number of rotatable bonds is 4. The van der Waals surface area contributed by atoms with Crippen LogP contribution in [0.4, 0.5) is 5.69 Å². The molecule has 3 aromatic rings. The highest BCUT2D eigenvalue weighted by molar-refractivity contribution is 9.10. The number of amides is 2. The first-order valence-electron chi connectivity index (χ1n) is 9.10. The Labute approximate surface area is 181 Å². The van der Waals surface area contributed by atoms with Crippen LogP contribution in [-0.4, -0.2) is 29.0 Å². The van der Waals surface area contributed by atoms with Crippen molar-refractivity contribution in [2.75, 3.05) is 12.4 Å². The fourth-order valence-corrected chi connectivity index (χ4v) is 3.67. The Bertz CT molecular complexity index is 1130. The van der Waals surface area contributed by atoms with Crippen LogP contribution in [0.2, 0.25) is 0 Å². The van der Waals surface area contributed by atoms with Gasteiger partial charge in [0.1, 0.15) is 6.17 Å². The number of anilines is 1. The quantitative estimate of drug-likeness (QED) is 0.537. The summed E-state index contributed by atoms with van der Waals surface area (Å²) in [7, 11) is 1.44. The summed E-state index contributed by atoms with van der Waals surface area (Å²) in [5.74, 6) is -0.543. The largest absolute Gasteiger partial charge is 0.504 e. The van der Waals surface area contributed by atoms with Crippen LogP contribution < -0.4 is 15.5 Å². The number of phenols is 1. The van der Waals surface area contributed by atoms with Crippen molar-refractivity contribution in [2.45, 2.75) is 6.17 Å². The highest BCUT2D eigenvalue weighted by atomic mass is 79.9. The number of carbonyl (C=O) groups is 2. The van der Waals surface area contributed by atoms with Crippen LogP contribution in [0.1, 0.15) is 32.4 Å². The number of hydrogen-bond acceptors (Lipinski definition) is 5. The first-order chi connectivity index (χ1) is 14.5. The van der Waals surface area contributed by atoms with Gasteiger partial charge in [-0.15, -0.1) is 0 Å². The van der Waals surface area contributed by atoms with Gasteiger partial charge in [-0.1, -0.05) is 40.2 Å². The van der Waals surface area contributed by atoms with Gasteiger partial charge in [0.05, 0.1) is 12.7 Å². The van der Waals surface area contributed by atoms with Gasteiger partial charge in [-0.3, -0.25) is 15.0 Å². The molecule has 0 saturated carbocycles. The van der Waals surface area contributed by atoms with Crippen LogP contribution in [0.25, 0.3) is 0 Å². The highest BCUT2D eigenvalue weighted by Gasteiger charge is 2.34. The lowest BCUT2D eigenvalue weighted by atomic mass is 10.0. The molecule has 0 saturated heterocycles. The second kappa shape index (κ2) is 8.08. The number of nitrogens with one attached hydrogen (secondary N) is 2. The molecule has 0 bridgehead atoms. The van der Waals surface area contributed by atoms with Crippen molar-refractivity contribution in [3.05, 3.63) is 87.9 Å². The first-order valence-corrected chi connectivity index (χ1v) is 9.90. The summed E-state index contributed by atoms with van der Waals surface area (Å²) >= 11 is 3.35. The molecule has 4 rings (SSSR count). The number of fused-ring (bicyclic) bond motifs is 1. The number of benzene rings is 3.